The molecule has 3 rings (SSSR count). The van der Waals surface area contributed by atoms with Gasteiger partial charge in [0.15, 0.2) is 5.76 Å². The molecule has 0 saturated heterocycles. The van der Waals surface area contributed by atoms with Gasteiger partial charge in [0, 0.05) is 42.1 Å². The Morgan fingerprint density at radius 1 is 1.20 bits per heavy atom. The zero-order valence-corrected chi connectivity index (χ0v) is 15.4. The van der Waals surface area contributed by atoms with E-state index in [1.54, 1.807) is 31.5 Å². The molecule has 7 nitrogen and oxygen atoms in total. The van der Waals surface area contributed by atoms with Crippen LogP contribution in [-0.4, -0.2) is 31.6 Å². The number of pyridine rings is 1. The Hall–Kier alpha value is -2.23. The molecular weight excluding hydrogens is 360 g/mol. The van der Waals surface area contributed by atoms with Crippen LogP contribution in [0.3, 0.4) is 0 Å². The minimum atomic E-state index is -3.58. The van der Waals surface area contributed by atoms with Gasteiger partial charge in [0.2, 0.25) is 10.0 Å². The van der Waals surface area contributed by atoms with Gasteiger partial charge in [0.05, 0.1) is 16.0 Å². The van der Waals surface area contributed by atoms with Crippen LogP contribution in [0.5, 0.6) is 0 Å². The maximum absolute atomic E-state index is 12.5. The second-order valence-electron chi connectivity index (χ2n) is 5.42. The van der Waals surface area contributed by atoms with Crippen molar-refractivity contribution in [1.82, 2.24) is 14.9 Å². The van der Waals surface area contributed by atoms with Gasteiger partial charge in [0.25, 0.3) is 0 Å². The summed E-state index contributed by atoms with van der Waals surface area (Å²) in [6, 6.07) is 5.18. The molecule has 0 amide bonds. The van der Waals surface area contributed by atoms with Crippen LogP contribution >= 0.6 is 11.3 Å². The highest BCUT2D eigenvalue weighted by atomic mass is 32.2. The zero-order valence-electron chi connectivity index (χ0n) is 13.8. The van der Waals surface area contributed by atoms with Crippen LogP contribution in [0.2, 0.25) is 0 Å². The molecule has 2 N–H and O–H groups in total. The van der Waals surface area contributed by atoms with Crippen LogP contribution < -0.4 is 10.0 Å². The van der Waals surface area contributed by atoms with Crippen LogP contribution in [0.4, 0.5) is 5.69 Å². The number of aromatic nitrogens is 2. The topological polar surface area (TPSA) is 97.1 Å². The molecule has 25 heavy (non-hydrogen) atoms. The van der Waals surface area contributed by atoms with Crippen molar-refractivity contribution >= 4 is 27.0 Å². The SMILES string of the molecule is Cc1cnccc1NCCNS(=O)(=O)c1cc(-c2ccno2)sc1C. The molecule has 0 spiro atoms. The fourth-order valence-corrected chi connectivity index (χ4v) is 4.91. The highest BCUT2D eigenvalue weighted by Gasteiger charge is 2.21. The smallest absolute Gasteiger partial charge is 0.241 e. The molecule has 0 atom stereocenters. The summed E-state index contributed by atoms with van der Waals surface area (Å²) in [5.41, 5.74) is 1.95. The average Bonchev–Trinajstić information content (AvgIpc) is 3.22. The molecule has 3 aromatic rings. The summed E-state index contributed by atoms with van der Waals surface area (Å²) in [6.07, 6.45) is 4.98. The first-order valence-corrected chi connectivity index (χ1v) is 9.93. The Morgan fingerprint density at radius 3 is 2.76 bits per heavy atom. The van der Waals surface area contributed by atoms with Crippen molar-refractivity contribution in [3.05, 3.63) is 47.2 Å². The predicted octanol–water partition coefficient (Wildman–Crippen LogP) is 2.81. The lowest BCUT2D eigenvalue weighted by molar-refractivity contribution is 0.433. The summed E-state index contributed by atoms with van der Waals surface area (Å²) in [5, 5.41) is 6.84. The maximum atomic E-state index is 12.5. The summed E-state index contributed by atoms with van der Waals surface area (Å²) >= 11 is 1.36. The Bertz CT molecular complexity index is 950. The highest BCUT2D eigenvalue weighted by molar-refractivity contribution is 7.89. The Kier molecular flexibility index (Phi) is 5.16. The van der Waals surface area contributed by atoms with Crippen LogP contribution in [0.15, 0.2) is 46.2 Å². The third-order valence-corrected chi connectivity index (χ3v) is 6.38. The van der Waals surface area contributed by atoms with Crippen LogP contribution in [0, 0.1) is 13.8 Å². The molecule has 132 valence electrons. The van der Waals surface area contributed by atoms with Crippen LogP contribution in [0.1, 0.15) is 10.4 Å². The lowest BCUT2D eigenvalue weighted by Gasteiger charge is -2.10. The molecule has 0 radical (unpaired) electrons. The normalized spacial score (nSPS) is 11.6. The van der Waals surface area contributed by atoms with Crippen molar-refractivity contribution in [2.45, 2.75) is 18.7 Å². The number of thiophene rings is 1. The van der Waals surface area contributed by atoms with E-state index in [1.807, 2.05) is 13.0 Å². The van der Waals surface area contributed by atoms with Crippen LogP contribution in [-0.2, 0) is 10.0 Å². The molecule has 9 heteroatoms. The van der Waals surface area contributed by atoms with Gasteiger partial charge in [-0.3, -0.25) is 4.98 Å². The molecule has 0 aliphatic rings. The molecule has 0 saturated carbocycles. The number of nitrogens with zero attached hydrogens (tertiary/aromatic N) is 2. The molecule has 0 bridgehead atoms. The molecular formula is C16H18N4O3S2. The van der Waals surface area contributed by atoms with Crippen molar-refractivity contribution in [3.8, 4) is 10.6 Å². The van der Waals surface area contributed by atoms with Crippen LogP contribution in [0.25, 0.3) is 10.6 Å². The molecule has 0 aliphatic carbocycles. The van der Waals surface area contributed by atoms with E-state index in [1.165, 1.54) is 17.5 Å². The van der Waals surface area contributed by atoms with Gasteiger partial charge in [-0.2, -0.15) is 0 Å². The van der Waals surface area contributed by atoms with Gasteiger partial charge in [0.1, 0.15) is 0 Å². The molecule has 0 unspecified atom stereocenters. The summed E-state index contributed by atoms with van der Waals surface area (Å²) in [5.74, 6) is 0.560. The van der Waals surface area contributed by atoms with E-state index in [2.05, 4.69) is 20.2 Å². The van der Waals surface area contributed by atoms with E-state index in [9.17, 15) is 8.42 Å². The van der Waals surface area contributed by atoms with E-state index in [0.717, 1.165) is 16.1 Å². The number of nitrogens with one attached hydrogen (secondary N) is 2. The number of hydrogen-bond acceptors (Lipinski definition) is 7. The summed E-state index contributed by atoms with van der Waals surface area (Å²) in [4.78, 5) is 5.73. The van der Waals surface area contributed by atoms with E-state index in [0.29, 0.717) is 17.2 Å². The van der Waals surface area contributed by atoms with Crippen molar-refractivity contribution < 1.29 is 12.9 Å². The summed E-state index contributed by atoms with van der Waals surface area (Å²) in [6.45, 7) is 4.47. The molecule has 3 heterocycles. The Labute approximate surface area is 150 Å². The number of anilines is 1. The van der Waals surface area contributed by atoms with Crippen molar-refractivity contribution in [2.75, 3.05) is 18.4 Å². The number of sulfonamides is 1. The van der Waals surface area contributed by atoms with E-state index >= 15 is 0 Å². The van der Waals surface area contributed by atoms with Gasteiger partial charge in [-0.15, -0.1) is 11.3 Å². The quantitative estimate of drug-likeness (QED) is 0.614. The predicted molar refractivity (Wildman–Crippen MR) is 97.2 cm³/mol. The minimum Gasteiger partial charge on any atom is -0.383 e. The van der Waals surface area contributed by atoms with E-state index in [-0.39, 0.29) is 11.4 Å². The third kappa shape index (κ3) is 4.06. The fourth-order valence-electron chi connectivity index (χ4n) is 2.33. The first-order valence-electron chi connectivity index (χ1n) is 7.63. The number of hydrogen-bond donors (Lipinski definition) is 2. The first-order chi connectivity index (χ1) is 12.0. The average molecular weight is 378 g/mol. The van der Waals surface area contributed by atoms with E-state index in [4.69, 9.17) is 4.52 Å². The van der Waals surface area contributed by atoms with Crippen molar-refractivity contribution in [2.24, 2.45) is 0 Å². The zero-order chi connectivity index (χ0) is 17.9. The largest absolute Gasteiger partial charge is 0.383 e. The third-order valence-electron chi connectivity index (χ3n) is 3.60. The second kappa shape index (κ2) is 7.34. The molecule has 3 aromatic heterocycles. The fraction of sp³-hybridized carbons (Fsp3) is 0.250. The Balaban J connectivity index is 1.63. The van der Waals surface area contributed by atoms with Gasteiger partial charge >= 0.3 is 0 Å². The second-order valence-corrected chi connectivity index (χ2v) is 8.41. The number of rotatable bonds is 7. The number of aryl methyl sites for hydroxylation is 2. The Morgan fingerprint density at radius 2 is 2.04 bits per heavy atom. The molecule has 0 fully saturated rings. The molecule has 0 aromatic carbocycles. The highest BCUT2D eigenvalue weighted by Crippen LogP contribution is 2.33. The first kappa shape index (κ1) is 17.6. The van der Waals surface area contributed by atoms with Gasteiger partial charge in [-0.1, -0.05) is 5.16 Å². The molecule has 0 aliphatic heterocycles. The van der Waals surface area contributed by atoms with E-state index < -0.39 is 10.0 Å². The lowest BCUT2D eigenvalue weighted by Crippen LogP contribution is -2.29. The summed E-state index contributed by atoms with van der Waals surface area (Å²) in [7, 11) is -3.58. The maximum Gasteiger partial charge on any atom is 0.241 e. The van der Waals surface area contributed by atoms with Gasteiger partial charge in [-0.05, 0) is 31.5 Å². The van der Waals surface area contributed by atoms with Gasteiger partial charge < -0.3 is 9.84 Å². The van der Waals surface area contributed by atoms with Gasteiger partial charge in [-0.25, -0.2) is 13.1 Å². The lowest BCUT2D eigenvalue weighted by atomic mass is 10.2. The summed E-state index contributed by atoms with van der Waals surface area (Å²) < 4.78 is 32.8. The van der Waals surface area contributed by atoms with Crippen molar-refractivity contribution in [3.63, 3.8) is 0 Å². The standard InChI is InChI=1S/C16H18N4O3S2/c1-11-10-17-5-3-13(11)18-7-8-20-25(21,22)16-9-15(24-12(16)2)14-4-6-19-23-14/h3-6,9-10,20H,7-8H2,1-2H3,(H,17,18). The monoisotopic (exact) mass is 378 g/mol. The minimum absolute atomic E-state index is 0.268. The van der Waals surface area contributed by atoms with Crippen molar-refractivity contribution in [1.29, 1.82) is 0 Å².